The van der Waals surface area contributed by atoms with E-state index in [1.165, 1.54) is 5.56 Å². The van der Waals surface area contributed by atoms with Crippen LogP contribution in [-0.2, 0) is 4.79 Å². The molecule has 0 bridgehead atoms. The predicted octanol–water partition coefficient (Wildman–Crippen LogP) is 1.34. The standard InChI is InChI=1S/C13H14N2O/c1-2-7-14-13(16)8-10-9-15-12-6-4-3-5-11(10)12/h1,3-6,10,15H,7-9H2,(H,14,16). The third kappa shape index (κ3) is 2.17. The summed E-state index contributed by atoms with van der Waals surface area (Å²) in [7, 11) is 0. The lowest BCUT2D eigenvalue weighted by Crippen LogP contribution is -2.25. The molecule has 1 aromatic rings. The molecule has 0 saturated heterocycles. The molecule has 1 heterocycles. The molecule has 3 heteroatoms. The molecule has 0 radical (unpaired) electrons. The fourth-order valence-corrected chi connectivity index (χ4v) is 1.98. The van der Waals surface area contributed by atoms with E-state index >= 15 is 0 Å². The molecule has 0 saturated carbocycles. The van der Waals surface area contributed by atoms with E-state index in [0.717, 1.165) is 12.2 Å². The van der Waals surface area contributed by atoms with Gasteiger partial charge in [-0.15, -0.1) is 6.42 Å². The second-order valence-electron chi connectivity index (χ2n) is 3.85. The summed E-state index contributed by atoms with van der Waals surface area (Å²) >= 11 is 0. The number of nitrogens with one attached hydrogen (secondary N) is 2. The van der Waals surface area contributed by atoms with Gasteiger partial charge in [0.2, 0.25) is 5.91 Å². The summed E-state index contributed by atoms with van der Waals surface area (Å²) in [5.74, 6) is 2.67. The highest BCUT2D eigenvalue weighted by Gasteiger charge is 2.23. The molecule has 0 aromatic heterocycles. The zero-order valence-corrected chi connectivity index (χ0v) is 8.99. The Bertz CT molecular complexity index is 434. The minimum atomic E-state index is 0.0152. The lowest BCUT2D eigenvalue weighted by Gasteiger charge is -2.09. The molecule has 1 aliphatic rings. The Labute approximate surface area is 95.2 Å². The second-order valence-corrected chi connectivity index (χ2v) is 3.85. The van der Waals surface area contributed by atoms with E-state index in [-0.39, 0.29) is 11.8 Å². The molecule has 1 aromatic carbocycles. The molecule has 1 aliphatic heterocycles. The van der Waals surface area contributed by atoms with Crippen LogP contribution in [0.25, 0.3) is 0 Å². The maximum atomic E-state index is 11.5. The van der Waals surface area contributed by atoms with Crippen LogP contribution in [0.1, 0.15) is 17.9 Å². The molecule has 1 atom stereocenters. The number of hydrogen-bond donors (Lipinski definition) is 2. The van der Waals surface area contributed by atoms with Gasteiger partial charge in [-0.05, 0) is 11.6 Å². The minimum absolute atomic E-state index is 0.0152. The predicted molar refractivity (Wildman–Crippen MR) is 64.1 cm³/mol. The van der Waals surface area contributed by atoms with Crippen molar-refractivity contribution in [2.75, 3.05) is 18.4 Å². The van der Waals surface area contributed by atoms with Gasteiger partial charge >= 0.3 is 0 Å². The molecule has 1 unspecified atom stereocenters. The van der Waals surface area contributed by atoms with E-state index in [4.69, 9.17) is 6.42 Å². The number of amides is 1. The number of fused-ring (bicyclic) bond motifs is 1. The van der Waals surface area contributed by atoms with Crippen molar-refractivity contribution in [1.29, 1.82) is 0 Å². The number of hydrogen-bond acceptors (Lipinski definition) is 2. The first-order valence-electron chi connectivity index (χ1n) is 5.34. The van der Waals surface area contributed by atoms with Crippen molar-refractivity contribution in [2.45, 2.75) is 12.3 Å². The Morgan fingerprint density at radius 1 is 1.56 bits per heavy atom. The molecule has 3 nitrogen and oxygen atoms in total. The van der Waals surface area contributed by atoms with Gasteiger partial charge in [0.15, 0.2) is 0 Å². The van der Waals surface area contributed by atoms with Gasteiger partial charge < -0.3 is 10.6 Å². The van der Waals surface area contributed by atoms with Crippen molar-refractivity contribution in [3.05, 3.63) is 29.8 Å². The highest BCUT2D eigenvalue weighted by molar-refractivity contribution is 5.78. The normalized spacial score (nSPS) is 17.1. The third-order valence-electron chi connectivity index (χ3n) is 2.76. The van der Waals surface area contributed by atoms with Crippen LogP contribution in [0, 0.1) is 12.3 Å². The first-order chi connectivity index (χ1) is 7.81. The van der Waals surface area contributed by atoms with Gasteiger partial charge in [-0.1, -0.05) is 24.1 Å². The Hall–Kier alpha value is -1.95. The largest absolute Gasteiger partial charge is 0.384 e. The Morgan fingerprint density at radius 2 is 2.38 bits per heavy atom. The van der Waals surface area contributed by atoms with Gasteiger partial charge in [0.1, 0.15) is 0 Å². The lowest BCUT2D eigenvalue weighted by atomic mass is 9.98. The summed E-state index contributed by atoms with van der Waals surface area (Å²) in [6.07, 6.45) is 5.58. The quantitative estimate of drug-likeness (QED) is 0.745. The summed E-state index contributed by atoms with van der Waals surface area (Å²) in [6.45, 7) is 1.13. The summed E-state index contributed by atoms with van der Waals surface area (Å²) in [6, 6.07) is 8.09. The monoisotopic (exact) mass is 214 g/mol. The summed E-state index contributed by atoms with van der Waals surface area (Å²) in [5.41, 5.74) is 2.36. The molecule has 0 fully saturated rings. The number of rotatable bonds is 3. The number of benzene rings is 1. The maximum Gasteiger partial charge on any atom is 0.221 e. The molecule has 82 valence electrons. The van der Waals surface area contributed by atoms with Crippen LogP contribution in [0.4, 0.5) is 5.69 Å². The molecule has 0 aliphatic carbocycles. The van der Waals surface area contributed by atoms with Crippen LogP contribution < -0.4 is 10.6 Å². The van der Waals surface area contributed by atoms with E-state index in [2.05, 4.69) is 22.6 Å². The van der Waals surface area contributed by atoms with Crippen LogP contribution in [0.2, 0.25) is 0 Å². The van der Waals surface area contributed by atoms with E-state index < -0.39 is 0 Å². The molecule has 0 spiro atoms. The maximum absolute atomic E-state index is 11.5. The van der Waals surface area contributed by atoms with Crippen molar-refractivity contribution < 1.29 is 4.79 Å². The van der Waals surface area contributed by atoms with Gasteiger partial charge in [0.05, 0.1) is 6.54 Å². The summed E-state index contributed by atoms with van der Waals surface area (Å²) in [5, 5.41) is 5.98. The van der Waals surface area contributed by atoms with Gasteiger partial charge in [-0.3, -0.25) is 4.79 Å². The van der Waals surface area contributed by atoms with Crippen molar-refractivity contribution >= 4 is 11.6 Å². The number of carbonyl (C=O) groups excluding carboxylic acids is 1. The Morgan fingerprint density at radius 3 is 3.19 bits per heavy atom. The van der Waals surface area contributed by atoms with E-state index in [1.807, 2.05) is 18.2 Å². The van der Waals surface area contributed by atoms with Gasteiger partial charge in [-0.25, -0.2) is 0 Å². The summed E-state index contributed by atoms with van der Waals surface area (Å²) in [4.78, 5) is 11.5. The molecule has 16 heavy (non-hydrogen) atoms. The SMILES string of the molecule is C#CCNC(=O)CC1CNc2ccccc21. The van der Waals surface area contributed by atoms with Gasteiger partial charge in [-0.2, -0.15) is 0 Å². The molecule has 1 amide bonds. The van der Waals surface area contributed by atoms with Crippen molar-refractivity contribution in [1.82, 2.24) is 5.32 Å². The smallest absolute Gasteiger partial charge is 0.221 e. The zero-order chi connectivity index (χ0) is 11.4. The number of carbonyl (C=O) groups is 1. The van der Waals surface area contributed by atoms with E-state index in [0.29, 0.717) is 13.0 Å². The highest BCUT2D eigenvalue weighted by Crippen LogP contribution is 2.32. The summed E-state index contributed by atoms with van der Waals surface area (Å²) < 4.78 is 0. The zero-order valence-electron chi connectivity index (χ0n) is 8.99. The van der Waals surface area contributed by atoms with E-state index in [1.54, 1.807) is 0 Å². The number of para-hydroxylation sites is 1. The lowest BCUT2D eigenvalue weighted by molar-refractivity contribution is -0.121. The third-order valence-corrected chi connectivity index (χ3v) is 2.76. The topological polar surface area (TPSA) is 41.1 Å². The van der Waals surface area contributed by atoms with Crippen molar-refractivity contribution in [3.63, 3.8) is 0 Å². The van der Waals surface area contributed by atoms with Gasteiger partial charge in [0, 0.05) is 24.6 Å². The Balaban J connectivity index is 1.98. The number of anilines is 1. The highest BCUT2D eigenvalue weighted by atomic mass is 16.1. The number of terminal acetylenes is 1. The van der Waals surface area contributed by atoms with Crippen LogP contribution in [0.5, 0.6) is 0 Å². The van der Waals surface area contributed by atoms with Gasteiger partial charge in [0.25, 0.3) is 0 Å². The fourth-order valence-electron chi connectivity index (χ4n) is 1.98. The first kappa shape index (κ1) is 10.6. The van der Waals surface area contributed by atoms with Crippen LogP contribution in [-0.4, -0.2) is 19.0 Å². The van der Waals surface area contributed by atoms with Crippen molar-refractivity contribution in [3.8, 4) is 12.3 Å². The fraction of sp³-hybridized carbons (Fsp3) is 0.308. The molecular weight excluding hydrogens is 200 g/mol. The van der Waals surface area contributed by atoms with E-state index in [9.17, 15) is 4.79 Å². The van der Waals surface area contributed by atoms with Crippen LogP contribution >= 0.6 is 0 Å². The second kappa shape index (κ2) is 4.71. The average Bonchev–Trinajstić information content (AvgIpc) is 2.70. The van der Waals surface area contributed by atoms with Crippen LogP contribution in [0.3, 0.4) is 0 Å². The molecular formula is C13H14N2O. The Kier molecular flexibility index (Phi) is 3.11. The minimum Gasteiger partial charge on any atom is -0.384 e. The first-order valence-corrected chi connectivity index (χ1v) is 5.34. The average molecular weight is 214 g/mol. The van der Waals surface area contributed by atoms with Crippen LogP contribution in [0.15, 0.2) is 24.3 Å². The molecule has 2 rings (SSSR count). The molecule has 2 N–H and O–H groups in total. The van der Waals surface area contributed by atoms with Crippen molar-refractivity contribution in [2.24, 2.45) is 0 Å².